The van der Waals surface area contributed by atoms with Crippen LogP contribution in [0.3, 0.4) is 0 Å². The summed E-state index contributed by atoms with van der Waals surface area (Å²) in [6.45, 7) is 37.4. The van der Waals surface area contributed by atoms with Crippen molar-refractivity contribution in [2.45, 2.75) is 103 Å². The van der Waals surface area contributed by atoms with Crippen molar-refractivity contribution in [3.8, 4) is 0 Å². The maximum atomic E-state index is 4.49. The van der Waals surface area contributed by atoms with Crippen LogP contribution in [0.15, 0.2) is 158 Å². The van der Waals surface area contributed by atoms with Crippen LogP contribution in [0.2, 0.25) is 0 Å². The SMILES string of the molecule is [CH2+]C(C)(c1ccc(C(C)(C)C)cc1)c1ccc(C(C)(C)C)cc1.[CH2+]C(C)(c1ccc(C)cc1)c1ccc(C)cc1.[CH2+]C(C)(c1ccccc1)c1ccccc1. The molecule has 0 saturated heterocycles. The fourth-order valence-electron chi connectivity index (χ4n) is 6.63. The molecule has 0 heterocycles. The van der Waals surface area contributed by atoms with Gasteiger partial charge in [0.1, 0.15) is 0 Å². The Morgan fingerprint density at radius 2 is 0.436 bits per heavy atom. The minimum Gasteiger partial charge on any atom is -0.0622 e. The third-order valence-corrected chi connectivity index (χ3v) is 11.0. The predicted octanol–water partition coefficient (Wildman–Crippen LogP) is 14.7. The second kappa shape index (κ2) is 17.2. The molecule has 6 rings (SSSR count). The van der Waals surface area contributed by atoms with Gasteiger partial charge in [0.15, 0.2) is 16.2 Å². The lowest BCUT2D eigenvalue weighted by atomic mass is 9.75. The van der Waals surface area contributed by atoms with Crippen LogP contribution in [0.4, 0.5) is 0 Å². The topological polar surface area (TPSA) is 0 Å². The van der Waals surface area contributed by atoms with Crippen molar-refractivity contribution in [1.82, 2.24) is 0 Å². The first-order valence-electron chi connectivity index (χ1n) is 19.7. The summed E-state index contributed by atoms with van der Waals surface area (Å²) < 4.78 is 0. The van der Waals surface area contributed by atoms with Crippen molar-refractivity contribution < 1.29 is 0 Å². The second-order valence-corrected chi connectivity index (χ2v) is 18.1. The van der Waals surface area contributed by atoms with E-state index < -0.39 is 0 Å². The molecule has 0 aliphatic carbocycles. The van der Waals surface area contributed by atoms with E-state index in [2.05, 4.69) is 243 Å². The first kappa shape index (κ1) is 42.7. The van der Waals surface area contributed by atoms with Crippen LogP contribution in [-0.4, -0.2) is 0 Å². The third-order valence-electron chi connectivity index (χ3n) is 11.0. The third kappa shape index (κ3) is 11.0. The van der Waals surface area contributed by atoms with E-state index in [1.54, 1.807) is 0 Å². The molecule has 55 heavy (non-hydrogen) atoms. The molecule has 0 saturated carbocycles. The van der Waals surface area contributed by atoms with E-state index in [1.165, 1.54) is 55.6 Å². The van der Waals surface area contributed by atoms with Gasteiger partial charge in [0.2, 0.25) is 0 Å². The number of benzene rings is 6. The van der Waals surface area contributed by atoms with Crippen molar-refractivity contribution in [3.63, 3.8) is 0 Å². The maximum Gasteiger partial charge on any atom is 0.152 e. The molecule has 0 aromatic heterocycles. The molecule has 0 aliphatic rings. The van der Waals surface area contributed by atoms with Gasteiger partial charge in [-0.15, -0.1) is 0 Å². The van der Waals surface area contributed by atoms with Gasteiger partial charge < -0.3 is 0 Å². The van der Waals surface area contributed by atoms with Gasteiger partial charge in [-0.3, -0.25) is 0 Å². The van der Waals surface area contributed by atoms with Gasteiger partial charge >= 0.3 is 0 Å². The molecule has 0 N–H and O–H groups in total. The molecule has 0 radical (unpaired) electrons. The summed E-state index contributed by atoms with van der Waals surface area (Å²) in [4.78, 5) is 0. The van der Waals surface area contributed by atoms with E-state index >= 15 is 0 Å². The highest BCUT2D eigenvalue weighted by Crippen LogP contribution is 2.35. The normalized spacial score (nSPS) is 12.1. The number of rotatable bonds is 6. The van der Waals surface area contributed by atoms with Gasteiger partial charge in [-0.05, 0) is 56.6 Å². The summed E-state index contributed by atoms with van der Waals surface area (Å²) in [5.41, 5.74) is 12.6. The molecule has 282 valence electrons. The molecule has 0 spiro atoms. The Morgan fingerprint density at radius 3 is 0.655 bits per heavy atom. The van der Waals surface area contributed by atoms with Gasteiger partial charge in [-0.1, -0.05) is 210 Å². The summed E-state index contributed by atoms with van der Waals surface area (Å²) in [5, 5.41) is 0. The number of hydrogen-bond acceptors (Lipinski definition) is 0. The molecule has 6 aromatic carbocycles. The Hall–Kier alpha value is -5.07. The molecule has 0 amide bonds. The van der Waals surface area contributed by atoms with E-state index in [1.807, 2.05) is 12.1 Å². The number of aryl methyl sites for hydroxylation is 2. The summed E-state index contributed by atoms with van der Waals surface area (Å²) in [7, 11) is 0. The summed E-state index contributed by atoms with van der Waals surface area (Å²) in [6.07, 6.45) is 0. The monoisotopic (exact) mass is 726 g/mol. The molecule has 6 aromatic rings. The summed E-state index contributed by atoms with van der Waals surface area (Å²) in [5.74, 6) is 0. The fourth-order valence-corrected chi connectivity index (χ4v) is 6.63. The van der Waals surface area contributed by atoms with E-state index in [9.17, 15) is 0 Å². The maximum absolute atomic E-state index is 4.49. The average molecular weight is 726 g/mol. The van der Waals surface area contributed by atoms with Crippen molar-refractivity contribution in [1.29, 1.82) is 0 Å². The molecular formula is C55H65+3. The molecular weight excluding hydrogens is 661 g/mol. The molecule has 0 unspecified atom stereocenters. The Bertz CT molecular complexity index is 1880. The number of hydrogen-bond donors (Lipinski definition) is 0. The molecule has 0 fully saturated rings. The second-order valence-electron chi connectivity index (χ2n) is 18.1. The lowest BCUT2D eigenvalue weighted by molar-refractivity contribution is 0.587. The van der Waals surface area contributed by atoms with Crippen LogP contribution < -0.4 is 0 Å². The molecule has 0 atom stereocenters. The quantitative estimate of drug-likeness (QED) is 0.150. The standard InChI is InChI=1S/C23H31.C17H19.C15H15/c1-21(2,3)17-9-13-19(14-10-17)23(7,8)20-15-11-18(12-16-20)22(4,5)6;1-13-5-9-15(10-6-13)17(3,4)16-11-7-14(2)8-12-16;1-15(2,13-9-5-3-6-10-13)14-11-7-4-8-12-14/h9-16H,7H2,1-6,8H3;5-12H,3H2,1-2,4H3;3-12H,1H2,2H3/q3*+1. The average Bonchev–Trinajstić information content (AvgIpc) is 3.16. The first-order chi connectivity index (χ1) is 25.6. The van der Waals surface area contributed by atoms with Crippen LogP contribution in [0.25, 0.3) is 0 Å². The largest absolute Gasteiger partial charge is 0.152 e. The lowest BCUT2D eigenvalue weighted by Gasteiger charge is -2.24. The Labute approximate surface area is 336 Å². The zero-order valence-electron chi connectivity index (χ0n) is 35.6. The van der Waals surface area contributed by atoms with Crippen molar-refractivity contribution >= 4 is 0 Å². The predicted molar refractivity (Wildman–Crippen MR) is 241 cm³/mol. The molecule has 0 heteroatoms. The summed E-state index contributed by atoms with van der Waals surface area (Å²) in [6, 6.07) is 55.9. The zero-order valence-corrected chi connectivity index (χ0v) is 35.6. The van der Waals surface area contributed by atoms with Crippen molar-refractivity contribution in [2.75, 3.05) is 0 Å². The highest BCUT2D eigenvalue weighted by molar-refractivity contribution is 5.44. The summed E-state index contributed by atoms with van der Waals surface area (Å²) >= 11 is 0. The lowest BCUT2D eigenvalue weighted by Crippen LogP contribution is -2.20. The van der Waals surface area contributed by atoms with E-state index in [0.717, 1.165) is 0 Å². The fraction of sp³-hybridized carbons (Fsp3) is 0.291. The molecule has 0 aliphatic heterocycles. The van der Waals surface area contributed by atoms with Crippen LogP contribution in [0, 0.1) is 34.6 Å². The van der Waals surface area contributed by atoms with Crippen LogP contribution in [0.5, 0.6) is 0 Å². The first-order valence-corrected chi connectivity index (χ1v) is 19.7. The minimum atomic E-state index is -0.229. The highest BCUT2D eigenvalue weighted by atomic mass is 14.3. The van der Waals surface area contributed by atoms with Gasteiger partial charge in [-0.25, -0.2) is 0 Å². The van der Waals surface area contributed by atoms with Crippen LogP contribution in [-0.2, 0) is 27.1 Å². The smallest absolute Gasteiger partial charge is 0.0622 e. The highest BCUT2D eigenvalue weighted by Gasteiger charge is 2.32. The zero-order chi connectivity index (χ0) is 40.7. The van der Waals surface area contributed by atoms with Crippen LogP contribution >= 0.6 is 0 Å². The molecule has 0 bridgehead atoms. The van der Waals surface area contributed by atoms with Crippen molar-refractivity contribution in [2.24, 2.45) is 0 Å². The van der Waals surface area contributed by atoms with Gasteiger partial charge in [0, 0.05) is 33.4 Å². The minimum absolute atomic E-state index is 0.164. The van der Waals surface area contributed by atoms with Gasteiger partial charge in [0.25, 0.3) is 0 Å². The van der Waals surface area contributed by atoms with E-state index in [-0.39, 0.29) is 27.1 Å². The van der Waals surface area contributed by atoms with Gasteiger partial charge in [-0.2, -0.15) is 0 Å². The Balaban J connectivity index is 0.000000188. The van der Waals surface area contributed by atoms with Crippen molar-refractivity contribution in [3.05, 3.63) is 234 Å². The van der Waals surface area contributed by atoms with E-state index in [4.69, 9.17) is 0 Å². The molecule has 0 nitrogen and oxygen atoms in total. The van der Waals surface area contributed by atoms with Gasteiger partial charge in [0.05, 0.1) is 20.8 Å². The van der Waals surface area contributed by atoms with Crippen LogP contribution in [0.1, 0.15) is 118 Å². The Kier molecular flexibility index (Phi) is 13.3. The Morgan fingerprint density at radius 1 is 0.255 bits per heavy atom. The van der Waals surface area contributed by atoms with E-state index in [0.29, 0.717) is 0 Å².